The Morgan fingerprint density at radius 3 is 3.17 bits per heavy atom. The lowest BCUT2D eigenvalue weighted by Gasteiger charge is -2.23. The van der Waals surface area contributed by atoms with Crippen molar-refractivity contribution in [1.29, 1.82) is 0 Å². The van der Waals surface area contributed by atoms with Crippen LogP contribution in [0.2, 0.25) is 0 Å². The van der Waals surface area contributed by atoms with Crippen molar-refractivity contribution >= 4 is 5.69 Å². The van der Waals surface area contributed by atoms with Gasteiger partial charge in [-0.3, -0.25) is 0 Å². The van der Waals surface area contributed by atoms with Crippen LogP contribution in [0.1, 0.15) is 18.9 Å². The number of benzene rings is 1. The highest BCUT2D eigenvalue weighted by atomic mass is 16.5. The Morgan fingerprint density at radius 2 is 2.33 bits per heavy atom. The Hall–Kier alpha value is -1.18. The molecule has 0 saturated heterocycles. The first-order valence-electron chi connectivity index (χ1n) is 4.31. The van der Waals surface area contributed by atoms with Gasteiger partial charge in [-0.2, -0.15) is 0 Å². The lowest BCUT2D eigenvalue weighted by Crippen LogP contribution is -2.18. The zero-order chi connectivity index (χ0) is 8.55. The van der Waals surface area contributed by atoms with Crippen LogP contribution < -0.4 is 10.5 Å². The lowest BCUT2D eigenvalue weighted by molar-refractivity contribution is 0.192. The molecule has 0 fully saturated rings. The second kappa shape index (κ2) is 2.70. The van der Waals surface area contributed by atoms with E-state index >= 15 is 0 Å². The molecule has 2 nitrogen and oxygen atoms in total. The fraction of sp³-hybridized carbons (Fsp3) is 0.400. The zero-order valence-corrected chi connectivity index (χ0v) is 7.21. The van der Waals surface area contributed by atoms with Gasteiger partial charge >= 0.3 is 0 Å². The van der Waals surface area contributed by atoms with Crippen molar-refractivity contribution in [2.75, 3.05) is 5.73 Å². The van der Waals surface area contributed by atoms with E-state index in [1.807, 2.05) is 18.2 Å². The highest BCUT2D eigenvalue weighted by Crippen LogP contribution is 2.28. The van der Waals surface area contributed by atoms with Gasteiger partial charge in [0, 0.05) is 5.69 Å². The number of fused-ring (bicyclic) bond motifs is 1. The maximum absolute atomic E-state index is 5.66. The maximum Gasteiger partial charge on any atom is 0.123 e. The van der Waals surface area contributed by atoms with Crippen molar-refractivity contribution in [2.24, 2.45) is 0 Å². The monoisotopic (exact) mass is 163 g/mol. The third-order valence-corrected chi connectivity index (χ3v) is 2.23. The quantitative estimate of drug-likeness (QED) is 0.593. The highest BCUT2D eigenvalue weighted by molar-refractivity contribution is 5.48. The summed E-state index contributed by atoms with van der Waals surface area (Å²) in [5, 5.41) is 0. The summed E-state index contributed by atoms with van der Waals surface area (Å²) in [5.74, 6) is 1.00. The Bertz CT molecular complexity index is 296. The molecule has 1 atom stereocenters. The number of hydrogen-bond acceptors (Lipinski definition) is 2. The fourth-order valence-electron chi connectivity index (χ4n) is 1.54. The van der Waals surface area contributed by atoms with Crippen LogP contribution >= 0.6 is 0 Å². The number of rotatable bonds is 0. The third kappa shape index (κ3) is 1.24. The number of nitrogens with two attached hydrogens (primary N) is 1. The first kappa shape index (κ1) is 7.47. The molecule has 64 valence electrons. The first-order valence-corrected chi connectivity index (χ1v) is 4.31. The summed E-state index contributed by atoms with van der Waals surface area (Å²) < 4.78 is 5.63. The van der Waals surface area contributed by atoms with Crippen LogP contribution in [-0.2, 0) is 6.42 Å². The Labute approximate surface area is 72.3 Å². The molecular weight excluding hydrogens is 150 g/mol. The van der Waals surface area contributed by atoms with Crippen molar-refractivity contribution in [2.45, 2.75) is 25.9 Å². The summed E-state index contributed by atoms with van der Waals surface area (Å²) in [4.78, 5) is 0. The minimum absolute atomic E-state index is 0.348. The topological polar surface area (TPSA) is 35.2 Å². The van der Waals surface area contributed by atoms with Gasteiger partial charge in [-0.05, 0) is 43.5 Å². The summed E-state index contributed by atoms with van der Waals surface area (Å²) in [6, 6.07) is 5.85. The molecule has 0 spiro atoms. The van der Waals surface area contributed by atoms with Gasteiger partial charge in [0.15, 0.2) is 0 Å². The summed E-state index contributed by atoms with van der Waals surface area (Å²) in [7, 11) is 0. The van der Waals surface area contributed by atoms with Gasteiger partial charge < -0.3 is 10.5 Å². The van der Waals surface area contributed by atoms with Crippen LogP contribution in [0.25, 0.3) is 0 Å². The average Bonchev–Trinajstić information content (AvgIpc) is 2.05. The molecule has 2 N–H and O–H groups in total. The van der Waals surface area contributed by atoms with E-state index in [0.717, 1.165) is 24.3 Å². The molecule has 1 aromatic rings. The van der Waals surface area contributed by atoms with Gasteiger partial charge in [0.2, 0.25) is 0 Å². The number of nitrogen functional groups attached to an aromatic ring is 1. The normalized spacial score (nSPS) is 21.2. The molecule has 1 aliphatic rings. The molecule has 1 aliphatic heterocycles. The highest BCUT2D eigenvalue weighted by Gasteiger charge is 2.15. The standard InChI is InChI=1S/C10H13NO/c1-7-2-3-8-6-9(11)4-5-10(8)12-7/h4-7H,2-3,11H2,1H3/t7-/m1/s1. The molecule has 2 heteroatoms. The van der Waals surface area contributed by atoms with E-state index in [4.69, 9.17) is 10.5 Å². The summed E-state index contributed by atoms with van der Waals surface area (Å²) in [6.45, 7) is 2.10. The molecule has 0 radical (unpaired) electrons. The van der Waals surface area contributed by atoms with Crippen LogP contribution in [0.3, 0.4) is 0 Å². The smallest absolute Gasteiger partial charge is 0.123 e. The van der Waals surface area contributed by atoms with Gasteiger partial charge in [-0.15, -0.1) is 0 Å². The number of ether oxygens (including phenoxy) is 1. The van der Waals surface area contributed by atoms with Gasteiger partial charge in [0.25, 0.3) is 0 Å². The van der Waals surface area contributed by atoms with Gasteiger partial charge in [-0.25, -0.2) is 0 Å². The van der Waals surface area contributed by atoms with Crippen molar-refractivity contribution in [1.82, 2.24) is 0 Å². The number of aryl methyl sites for hydroxylation is 1. The maximum atomic E-state index is 5.66. The SMILES string of the molecule is C[C@@H]1CCc2cc(N)ccc2O1. The van der Waals surface area contributed by atoms with Crippen LogP contribution in [0.5, 0.6) is 5.75 Å². The Balaban J connectivity index is 2.37. The van der Waals surface area contributed by atoms with Crippen molar-refractivity contribution < 1.29 is 4.74 Å². The lowest BCUT2D eigenvalue weighted by atomic mass is 10.0. The second-order valence-corrected chi connectivity index (χ2v) is 3.33. The van der Waals surface area contributed by atoms with E-state index in [1.165, 1.54) is 5.56 Å². The van der Waals surface area contributed by atoms with E-state index in [2.05, 4.69) is 6.92 Å². The van der Waals surface area contributed by atoms with Crippen LogP contribution in [-0.4, -0.2) is 6.10 Å². The van der Waals surface area contributed by atoms with Crippen LogP contribution in [0.4, 0.5) is 5.69 Å². The third-order valence-electron chi connectivity index (χ3n) is 2.23. The van der Waals surface area contributed by atoms with E-state index in [9.17, 15) is 0 Å². The van der Waals surface area contributed by atoms with Gasteiger partial charge in [-0.1, -0.05) is 0 Å². The molecular formula is C10H13NO. The van der Waals surface area contributed by atoms with Gasteiger partial charge in [0.1, 0.15) is 5.75 Å². The average molecular weight is 163 g/mol. The molecule has 0 aliphatic carbocycles. The second-order valence-electron chi connectivity index (χ2n) is 3.33. The first-order chi connectivity index (χ1) is 5.75. The molecule has 12 heavy (non-hydrogen) atoms. The van der Waals surface area contributed by atoms with E-state index in [-0.39, 0.29) is 0 Å². The number of hydrogen-bond donors (Lipinski definition) is 1. The van der Waals surface area contributed by atoms with E-state index in [0.29, 0.717) is 6.10 Å². The molecule has 0 saturated carbocycles. The van der Waals surface area contributed by atoms with Crippen molar-refractivity contribution in [3.05, 3.63) is 23.8 Å². The number of anilines is 1. The van der Waals surface area contributed by atoms with E-state index in [1.54, 1.807) is 0 Å². The molecule has 1 heterocycles. The predicted molar refractivity (Wildman–Crippen MR) is 49.3 cm³/mol. The van der Waals surface area contributed by atoms with Crippen LogP contribution in [0.15, 0.2) is 18.2 Å². The van der Waals surface area contributed by atoms with Gasteiger partial charge in [0.05, 0.1) is 6.10 Å². The minimum atomic E-state index is 0.348. The molecule has 2 rings (SSSR count). The molecule has 1 aromatic carbocycles. The Kier molecular flexibility index (Phi) is 1.68. The molecule has 0 unspecified atom stereocenters. The largest absolute Gasteiger partial charge is 0.490 e. The van der Waals surface area contributed by atoms with Crippen LogP contribution in [0, 0.1) is 0 Å². The molecule has 0 bridgehead atoms. The zero-order valence-electron chi connectivity index (χ0n) is 7.21. The van der Waals surface area contributed by atoms with Crippen molar-refractivity contribution in [3.8, 4) is 5.75 Å². The van der Waals surface area contributed by atoms with E-state index < -0.39 is 0 Å². The molecule has 0 aromatic heterocycles. The predicted octanol–water partition coefficient (Wildman–Crippen LogP) is 1.98. The van der Waals surface area contributed by atoms with Crippen molar-refractivity contribution in [3.63, 3.8) is 0 Å². The minimum Gasteiger partial charge on any atom is -0.490 e. The Morgan fingerprint density at radius 1 is 1.50 bits per heavy atom. The summed E-state index contributed by atoms with van der Waals surface area (Å²) in [6.07, 6.45) is 2.53. The summed E-state index contributed by atoms with van der Waals surface area (Å²) in [5.41, 5.74) is 7.73. The fourth-order valence-corrected chi connectivity index (χ4v) is 1.54. The molecule has 0 amide bonds. The summed E-state index contributed by atoms with van der Waals surface area (Å²) >= 11 is 0.